The van der Waals surface area contributed by atoms with E-state index in [1.54, 1.807) is 24.3 Å². The van der Waals surface area contributed by atoms with Gasteiger partial charge in [0.2, 0.25) is 0 Å². The van der Waals surface area contributed by atoms with Crippen molar-refractivity contribution in [3.63, 3.8) is 0 Å². The molecule has 0 saturated carbocycles. The lowest BCUT2D eigenvalue weighted by Gasteiger charge is -2.37. The Morgan fingerprint density at radius 1 is 1.00 bits per heavy atom. The zero-order valence-corrected chi connectivity index (χ0v) is 22.3. The lowest BCUT2D eigenvalue weighted by molar-refractivity contribution is -0.000979. The van der Waals surface area contributed by atoms with Gasteiger partial charge in [0.25, 0.3) is 0 Å². The molecule has 0 aliphatic carbocycles. The molecule has 38 heavy (non-hydrogen) atoms. The number of amides is 1. The lowest BCUT2D eigenvalue weighted by atomic mass is 9.91. The Bertz CT molecular complexity index is 1360. The van der Waals surface area contributed by atoms with Crippen LogP contribution in [0.2, 0.25) is 10.0 Å². The third-order valence-electron chi connectivity index (χ3n) is 6.87. The minimum absolute atomic E-state index is 0. The number of hydrogen-bond acceptors (Lipinski definition) is 4. The highest BCUT2D eigenvalue weighted by Gasteiger charge is 2.47. The summed E-state index contributed by atoms with van der Waals surface area (Å²) in [7, 11) is 0. The summed E-state index contributed by atoms with van der Waals surface area (Å²) in [6.07, 6.45) is 0.810. The first-order chi connectivity index (χ1) is 17.6. The van der Waals surface area contributed by atoms with E-state index in [4.69, 9.17) is 33.0 Å². The number of hydrogen-bond donors (Lipinski definition) is 1. The van der Waals surface area contributed by atoms with Crippen LogP contribution in [0, 0.1) is 11.6 Å². The SMILES string of the molecule is Cl.O=C(O)c1ccc(N2CC3(CCN(Cc4cc(Cl)c(-c5ccc(F)cc5F)c(Cl)c4)CC3)OC2=O)cc1. The molecule has 6 nitrogen and oxygen atoms in total. The Kier molecular flexibility index (Phi) is 8.18. The van der Waals surface area contributed by atoms with Crippen LogP contribution in [-0.4, -0.2) is 47.3 Å². The van der Waals surface area contributed by atoms with Crippen molar-refractivity contribution < 1.29 is 28.2 Å². The molecule has 2 aliphatic heterocycles. The Morgan fingerprint density at radius 3 is 2.21 bits per heavy atom. The van der Waals surface area contributed by atoms with Gasteiger partial charge in [-0.3, -0.25) is 9.80 Å². The molecule has 3 aromatic carbocycles. The van der Waals surface area contributed by atoms with E-state index in [2.05, 4.69) is 4.90 Å². The van der Waals surface area contributed by atoms with Crippen molar-refractivity contribution in [2.24, 2.45) is 0 Å². The highest BCUT2D eigenvalue weighted by Crippen LogP contribution is 2.39. The van der Waals surface area contributed by atoms with Gasteiger partial charge in [-0.25, -0.2) is 18.4 Å². The molecule has 0 radical (unpaired) electrons. The normalized spacial score (nSPS) is 16.8. The van der Waals surface area contributed by atoms with Gasteiger partial charge in [-0.1, -0.05) is 23.2 Å². The number of ether oxygens (including phenoxy) is 1. The van der Waals surface area contributed by atoms with E-state index in [-0.39, 0.29) is 33.6 Å². The van der Waals surface area contributed by atoms with Crippen LogP contribution in [0.25, 0.3) is 11.1 Å². The maximum atomic E-state index is 14.3. The van der Waals surface area contributed by atoms with Crippen LogP contribution < -0.4 is 4.90 Å². The first-order valence-electron chi connectivity index (χ1n) is 11.6. The number of nitrogens with zero attached hydrogens (tertiary/aromatic N) is 2. The van der Waals surface area contributed by atoms with E-state index in [1.807, 2.05) is 0 Å². The Balaban J connectivity index is 0.00000336. The minimum Gasteiger partial charge on any atom is -0.478 e. The third kappa shape index (κ3) is 5.59. The second-order valence-electron chi connectivity index (χ2n) is 9.32. The molecule has 5 rings (SSSR count). The number of carbonyl (C=O) groups excluding carboxylic acids is 1. The highest BCUT2D eigenvalue weighted by molar-refractivity contribution is 6.39. The number of halogens is 5. The molecule has 2 saturated heterocycles. The summed E-state index contributed by atoms with van der Waals surface area (Å²) in [4.78, 5) is 27.4. The predicted octanol–water partition coefficient (Wildman–Crippen LogP) is 7.05. The molecule has 11 heteroatoms. The molecule has 0 atom stereocenters. The number of carboxylic acid groups (broad SMARTS) is 1. The van der Waals surface area contributed by atoms with Crippen LogP contribution in [0.1, 0.15) is 28.8 Å². The standard InChI is InChI=1S/C27H22Cl2F2N2O4.ClH/c28-21-11-16(12-22(29)24(21)20-6-3-18(30)13-23(20)31)14-32-9-7-27(8-10-32)15-33(26(36)37-27)19-4-1-17(2-5-19)25(34)35;/h1-6,11-13H,7-10,14-15H2,(H,34,35);1H. The molecule has 2 heterocycles. The van der Waals surface area contributed by atoms with Crippen LogP contribution in [0.4, 0.5) is 19.3 Å². The van der Waals surface area contributed by atoms with Crippen LogP contribution in [0.3, 0.4) is 0 Å². The van der Waals surface area contributed by atoms with Crippen LogP contribution in [0.15, 0.2) is 54.6 Å². The molecule has 0 bridgehead atoms. The molecule has 2 fully saturated rings. The molecule has 0 aromatic heterocycles. The number of likely N-dealkylation sites (tertiary alicyclic amines) is 1. The van der Waals surface area contributed by atoms with Crippen molar-refractivity contribution in [3.05, 3.63) is 87.4 Å². The van der Waals surface area contributed by atoms with E-state index >= 15 is 0 Å². The van der Waals surface area contributed by atoms with E-state index in [0.717, 1.165) is 17.7 Å². The summed E-state index contributed by atoms with van der Waals surface area (Å²) in [5.41, 5.74) is 1.43. The smallest absolute Gasteiger partial charge is 0.415 e. The fourth-order valence-corrected chi connectivity index (χ4v) is 5.65. The van der Waals surface area contributed by atoms with Crippen molar-refractivity contribution in [2.45, 2.75) is 25.0 Å². The molecule has 2 aliphatic rings. The molecule has 200 valence electrons. The van der Waals surface area contributed by atoms with Gasteiger partial charge in [0.15, 0.2) is 0 Å². The molecule has 1 amide bonds. The number of benzene rings is 3. The maximum Gasteiger partial charge on any atom is 0.415 e. The lowest BCUT2D eigenvalue weighted by Crippen LogP contribution is -2.46. The summed E-state index contributed by atoms with van der Waals surface area (Å²) in [5, 5.41) is 9.63. The van der Waals surface area contributed by atoms with Gasteiger partial charge in [0.1, 0.15) is 17.2 Å². The monoisotopic (exact) mass is 582 g/mol. The predicted molar refractivity (Wildman–Crippen MR) is 144 cm³/mol. The average Bonchev–Trinajstić information content (AvgIpc) is 3.17. The van der Waals surface area contributed by atoms with Crippen molar-refractivity contribution in [1.29, 1.82) is 0 Å². The maximum absolute atomic E-state index is 14.3. The topological polar surface area (TPSA) is 70.1 Å². The van der Waals surface area contributed by atoms with Gasteiger partial charge < -0.3 is 9.84 Å². The van der Waals surface area contributed by atoms with E-state index in [9.17, 15) is 18.4 Å². The van der Waals surface area contributed by atoms with Crippen LogP contribution in [-0.2, 0) is 11.3 Å². The van der Waals surface area contributed by atoms with Crippen LogP contribution in [0.5, 0.6) is 0 Å². The number of carboxylic acids is 1. The van der Waals surface area contributed by atoms with E-state index < -0.39 is 29.3 Å². The van der Waals surface area contributed by atoms with Gasteiger partial charge in [-0.15, -0.1) is 12.4 Å². The highest BCUT2D eigenvalue weighted by atomic mass is 35.5. The zero-order valence-electron chi connectivity index (χ0n) is 19.9. The summed E-state index contributed by atoms with van der Waals surface area (Å²) >= 11 is 12.9. The van der Waals surface area contributed by atoms with Crippen molar-refractivity contribution in [3.8, 4) is 11.1 Å². The van der Waals surface area contributed by atoms with Gasteiger partial charge in [0, 0.05) is 55.4 Å². The van der Waals surface area contributed by atoms with Crippen molar-refractivity contribution in [2.75, 3.05) is 24.5 Å². The number of carbonyl (C=O) groups is 2. The van der Waals surface area contributed by atoms with Crippen molar-refractivity contribution in [1.82, 2.24) is 4.90 Å². The molecule has 1 spiro atoms. The minimum atomic E-state index is -1.03. The van der Waals surface area contributed by atoms with Gasteiger partial charge >= 0.3 is 12.1 Å². The van der Waals surface area contributed by atoms with Crippen LogP contribution >= 0.6 is 35.6 Å². The molecule has 3 aromatic rings. The molecule has 0 unspecified atom stereocenters. The summed E-state index contributed by atoms with van der Waals surface area (Å²) < 4.78 is 33.4. The van der Waals surface area contributed by atoms with Crippen molar-refractivity contribution >= 4 is 53.4 Å². The summed E-state index contributed by atoms with van der Waals surface area (Å²) in [6.45, 7) is 2.28. The first-order valence-corrected chi connectivity index (χ1v) is 12.4. The first kappa shape index (κ1) is 28.1. The number of aromatic carboxylic acids is 1. The Morgan fingerprint density at radius 2 is 1.63 bits per heavy atom. The second-order valence-corrected chi connectivity index (χ2v) is 10.1. The number of piperidine rings is 1. The summed E-state index contributed by atoms with van der Waals surface area (Å²) in [5.74, 6) is -2.45. The van der Waals surface area contributed by atoms with Gasteiger partial charge in [0.05, 0.1) is 22.2 Å². The zero-order chi connectivity index (χ0) is 26.3. The van der Waals surface area contributed by atoms with E-state index in [1.165, 1.54) is 23.1 Å². The Labute approximate surface area is 234 Å². The number of rotatable bonds is 5. The third-order valence-corrected chi connectivity index (χ3v) is 7.47. The number of anilines is 1. The van der Waals surface area contributed by atoms with Gasteiger partial charge in [-0.05, 0) is 54.1 Å². The summed E-state index contributed by atoms with van der Waals surface area (Å²) in [6, 6.07) is 12.9. The largest absolute Gasteiger partial charge is 0.478 e. The fourth-order valence-electron chi connectivity index (χ4n) is 4.91. The Hall–Kier alpha value is -2.91. The quantitative estimate of drug-likeness (QED) is 0.349. The molecular weight excluding hydrogens is 561 g/mol. The second kappa shape index (κ2) is 11.1. The molecule has 1 N–H and O–H groups in total. The molecular formula is C27H23Cl3F2N2O4. The van der Waals surface area contributed by atoms with E-state index in [0.29, 0.717) is 50.3 Å². The van der Waals surface area contributed by atoms with Gasteiger partial charge in [-0.2, -0.15) is 0 Å². The fraction of sp³-hybridized carbons (Fsp3) is 0.259. The average molecular weight is 584 g/mol.